The number of carbonyl (C=O) groups is 2. The van der Waals surface area contributed by atoms with Crippen LogP contribution >= 0.6 is 11.3 Å². The number of rotatable bonds is 18. The average molecular weight is 1070 g/mol. The smallest absolute Gasteiger partial charge is 0.254 e. The number of fused-ring (bicyclic) bond motifs is 2. The minimum atomic E-state index is -0.844. The Morgan fingerprint density at radius 1 is 0.896 bits per heavy atom. The van der Waals surface area contributed by atoms with Gasteiger partial charge in [0.1, 0.15) is 30.9 Å². The molecule has 0 spiro atoms. The number of nitrogens with zero attached hydrogens (tertiary/aromatic N) is 11. The number of nitrogens with two attached hydrogens (primary N) is 1. The summed E-state index contributed by atoms with van der Waals surface area (Å²) < 4.78 is 18.1. The number of aliphatic hydroxyl groups excluding tert-OH is 1. The van der Waals surface area contributed by atoms with Crippen molar-refractivity contribution in [2.75, 3.05) is 108 Å². The van der Waals surface area contributed by atoms with Gasteiger partial charge in [-0.05, 0) is 73.3 Å². The Morgan fingerprint density at radius 3 is 2.26 bits per heavy atom. The number of thiazole rings is 1. The van der Waals surface area contributed by atoms with Gasteiger partial charge >= 0.3 is 0 Å². The van der Waals surface area contributed by atoms with Crippen LogP contribution in [0.5, 0.6) is 17.5 Å². The molecule has 0 radical (unpaired) electrons. The number of phenolic OH excluding ortho intramolecular Hbond substituents is 1. The normalized spacial score (nSPS) is 22.1. The van der Waals surface area contributed by atoms with E-state index in [2.05, 4.69) is 91.5 Å². The SMILES string of the molecule is Cc1ncsc1-c1ccc(C2(NC(=O)[C@@H]3C[C@@H](O)CN3C(=O)[C@H](c3cc(OCCN4CCN(CCOc5cc(N6C7CCC6CN(c6cc(-c8ccccc8O)nnc6N)C7)ccn5)CC4)no3)C(C)C)CN(C)C2)cc1. The van der Waals surface area contributed by atoms with Crippen LogP contribution in [0.1, 0.15) is 56.0 Å². The number of benzene rings is 2. The van der Waals surface area contributed by atoms with Crippen molar-refractivity contribution in [3.63, 3.8) is 0 Å². The van der Waals surface area contributed by atoms with E-state index in [1.165, 1.54) is 4.90 Å². The zero-order valence-corrected chi connectivity index (χ0v) is 45.0. The first kappa shape index (κ1) is 52.2. The molecule has 2 amide bonds. The molecule has 5 saturated heterocycles. The molecule has 9 heterocycles. The molecule has 77 heavy (non-hydrogen) atoms. The van der Waals surface area contributed by atoms with E-state index in [-0.39, 0.29) is 48.5 Å². The van der Waals surface area contributed by atoms with Crippen molar-refractivity contribution >= 4 is 40.3 Å². The molecular formula is C56H69N13O7S. The highest BCUT2D eigenvalue weighted by atomic mass is 32.1. The highest BCUT2D eigenvalue weighted by Gasteiger charge is 2.49. The predicted molar refractivity (Wildman–Crippen MR) is 293 cm³/mol. The number of para-hydroxylation sites is 1. The third-order valence-electron chi connectivity index (χ3n) is 16.1. The summed E-state index contributed by atoms with van der Waals surface area (Å²) in [6.07, 6.45) is 3.27. The van der Waals surface area contributed by atoms with Gasteiger partial charge in [0, 0.05) is 120 Å². The summed E-state index contributed by atoms with van der Waals surface area (Å²) in [4.78, 5) is 52.0. The van der Waals surface area contributed by atoms with Crippen molar-refractivity contribution < 1.29 is 33.8 Å². The number of hydrogen-bond donors (Lipinski definition) is 4. The van der Waals surface area contributed by atoms with Gasteiger partial charge < -0.3 is 54.9 Å². The number of phenols is 1. The number of carbonyl (C=O) groups excluding carboxylic acids is 2. The van der Waals surface area contributed by atoms with Gasteiger partial charge in [-0.3, -0.25) is 19.4 Å². The summed E-state index contributed by atoms with van der Waals surface area (Å²) in [5.41, 5.74) is 13.8. The van der Waals surface area contributed by atoms with Gasteiger partial charge in [0.15, 0.2) is 11.6 Å². The van der Waals surface area contributed by atoms with E-state index in [1.54, 1.807) is 29.5 Å². The lowest BCUT2D eigenvalue weighted by atomic mass is 9.81. The Morgan fingerprint density at radius 2 is 1.60 bits per heavy atom. The highest BCUT2D eigenvalue weighted by Crippen LogP contribution is 2.41. The third kappa shape index (κ3) is 11.0. The van der Waals surface area contributed by atoms with Crippen LogP contribution in [0.25, 0.3) is 21.7 Å². The standard InChI is InChI=1S/C56H69N13O7S/c1-35(2)51(55(73)68-31-42(70)26-46(68)54(72)60-56(32-64(4)33-56)38-11-9-37(10-12-38)52-36(3)59-34-77-52)48-28-50(63-76-48)75-24-22-66-19-17-65(18-20-66)21-23-74-49-25-39(15-16-58-49)69-40-13-14-41(69)30-67(29-40)45-27-44(61-62-53(45)57)43-7-5-6-8-47(43)71/h5-12,15-16,25,27-28,34-35,40-42,46,51,70-71H,13-14,17-24,26,29-33H2,1-4H3,(H2,57,62)(H,60,72)/t40?,41?,42-,46+,51+/m1/s1. The number of ether oxygens (including phenoxy) is 2. The Bertz CT molecular complexity index is 3020. The molecule has 2 unspecified atom stereocenters. The minimum absolute atomic E-state index is 0.0504. The van der Waals surface area contributed by atoms with E-state index >= 15 is 0 Å². The molecular weight excluding hydrogens is 999 g/mol. The Labute approximate surface area is 452 Å². The molecule has 0 saturated carbocycles. The monoisotopic (exact) mass is 1070 g/mol. The number of aromatic nitrogens is 5. The van der Waals surface area contributed by atoms with Crippen LogP contribution in [0.2, 0.25) is 0 Å². The topological polar surface area (TPSA) is 228 Å². The van der Waals surface area contributed by atoms with Crippen molar-refractivity contribution in [3.8, 4) is 39.2 Å². The minimum Gasteiger partial charge on any atom is -0.507 e. The number of β-amino-alcohol motifs (C(OH)–C–C–N with tert-alkyl or cyclic N) is 1. The van der Waals surface area contributed by atoms with Gasteiger partial charge in [-0.1, -0.05) is 50.2 Å². The van der Waals surface area contributed by atoms with Crippen LogP contribution in [-0.4, -0.2) is 183 Å². The molecule has 2 bridgehead atoms. The van der Waals surface area contributed by atoms with E-state index in [0.29, 0.717) is 67.4 Å². The Hall–Kier alpha value is -6.91. The third-order valence-corrected chi connectivity index (χ3v) is 17.1. The van der Waals surface area contributed by atoms with E-state index in [1.807, 2.05) is 57.7 Å². The van der Waals surface area contributed by atoms with Crippen molar-refractivity contribution in [2.24, 2.45) is 5.92 Å². The van der Waals surface area contributed by atoms with Gasteiger partial charge in [0.2, 0.25) is 17.7 Å². The molecule has 5 N–H and O–H groups in total. The molecule has 4 aromatic heterocycles. The van der Waals surface area contributed by atoms with Gasteiger partial charge in [-0.2, -0.15) is 0 Å². The summed E-state index contributed by atoms with van der Waals surface area (Å²) in [5.74, 6) is 0.326. The fourth-order valence-electron chi connectivity index (χ4n) is 12.2. The number of hydrogen-bond acceptors (Lipinski definition) is 19. The lowest BCUT2D eigenvalue weighted by molar-refractivity contribution is -0.142. The molecule has 20 nitrogen and oxygen atoms in total. The first-order chi connectivity index (χ1) is 37.3. The molecule has 0 aliphatic carbocycles. The summed E-state index contributed by atoms with van der Waals surface area (Å²) >= 11 is 1.60. The van der Waals surface area contributed by atoms with Gasteiger partial charge in [0.25, 0.3) is 5.88 Å². The molecule has 11 rings (SSSR count). The quantitative estimate of drug-likeness (QED) is 0.0903. The fraction of sp³-hybridized carbons (Fsp3) is 0.482. The van der Waals surface area contributed by atoms with Crippen LogP contribution < -0.4 is 30.3 Å². The maximum absolute atomic E-state index is 14.4. The summed E-state index contributed by atoms with van der Waals surface area (Å²) in [7, 11) is 2.02. The number of nitrogen functional groups attached to an aromatic ring is 1. The first-order valence-electron chi connectivity index (χ1n) is 26.9. The van der Waals surface area contributed by atoms with Crippen LogP contribution in [-0.2, 0) is 15.1 Å². The second-order valence-corrected chi connectivity index (χ2v) is 22.6. The highest BCUT2D eigenvalue weighted by molar-refractivity contribution is 7.13. The van der Waals surface area contributed by atoms with Crippen LogP contribution in [0, 0.1) is 12.8 Å². The molecule has 5 atom stereocenters. The predicted octanol–water partition coefficient (Wildman–Crippen LogP) is 4.84. The van der Waals surface area contributed by atoms with E-state index in [0.717, 1.165) is 91.7 Å². The fourth-order valence-corrected chi connectivity index (χ4v) is 13.0. The number of likely N-dealkylation sites (tertiary alicyclic amines) is 2. The summed E-state index contributed by atoms with van der Waals surface area (Å²) in [6, 6.07) is 22.9. The maximum Gasteiger partial charge on any atom is 0.254 e. The van der Waals surface area contributed by atoms with Crippen LogP contribution in [0.4, 0.5) is 17.2 Å². The van der Waals surface area contributed by atoms with E-state index < -0.39 is 23.6 Å². The average Bonchev–Trinajstić information content (AvgIpc) is 4.29. The van der Waals surface area contributed by atoms with Crippen molar-refractivity contribution in [2.45, 2.75) is 75.7 Å². The first-order valence-corrected chi connectivity index (χ1v) is 27.7. The zero-order valence-electron chi connectivity index (χ0n) is 44.2. The van der Waals surface area contributed by atoms with Crippen LogP contribution in [0.3, 0.4) is 0 Å². The molecule has 5 aliphatic heterocycles. The van der Waals surface area contributed by atoms with Gasteiger partial charge in [0.05, 0.1) is 39.1 Å². The number of aliphatic hydroxyl groups is 1. The molecule has 406 valence electrons. The second-order valence-electron chi connectivity index (χ2n) is 21.7. The second kappa shape index (κ2) is 22.2. The van der Waals surface area contributed by atoms with E-state index in [9.17, 15) is 19.8 Å². The molecule has 2 aromatic carbocycles. The number of nitrogens with one attached hydrogen (secondary N) is 1. The number of pyridine rings is 1. The number of aryl methyl sites for hydroxylation is 1. The van der Waals surface area contributed by atoms with Crippen molar-refractivity contribution in [1.29, 1.82) is 0 Å². The van der Waals surface area contributed by atoms with Crippen molar-refractivity contribution in [1.82, 2.24) is 50.2 Å². The largest absolute Gasteiger partial charge is 0.507 e. The number of anilines is 3. The van der Waals surface area contributed by atoms with Gasteiger partial charge in [-0.15, -0.1) is 21.5 Å². The summed E-state index contributed by atoms with van der Waals surface area (Å²) in [5, 5.41) is 37.4. The maximum atomic E-state index is 14.4. The number of amides is 2. The van der Waals surface area contributed by atoms with Gasteiger partial charge in [-0.25, -0.2) is 9.97 Å². The molecule has 21 heteroatoms. The lowest BCUT2D eigenvalue weighted by Crippen LogP contribution is -2.68. The molecule has 5 aliphatic rings. The van der Waals surface area contributed by atoms with E-state index in [4.69, 9.17) is 19.7 Å². The Kier molecular flexibility index (Phi) is 15.0. The van der Waals surface area contributed by atoms with Crippen molar-refractivity contribution in [3.05, 3.63) is 102 Å². The number of piperazine rings is 2. The number of likely N-dealkylation sites (N-methyl/N-ethyl adjacent to an activating group) is 1. The Balaban J connectivity index is 0.626. The molecule has 5 fully saturated rings. The molecule has 6 aromatic rings. The zero-order chi connectivity index (χ0) is 53.4. The summed E-state index contributed by atoms with van der Waals surface area (Å²) in [6.45, 7) is 14.7. The number of aromatic hydroxyl groups is 1. The van der Waals surface area contributed by atoms with Crippen LogP contribution in [0.15, 0.2) is 89.0 Å². The lowest BCUT2D eigenvalue weighted by Gasteiger charge is -2.50.